The SMILES string of the molecule is CN1[C@@H]2CCCC[C@H]2N(C)P1(=O)CCCCc1cccc(Oc2ccccc2)c1. The molecule has 0 radical (unpaired) electrons. The number of nitrogens with zero attached hydrogens (tertiary/aromatic N) is 2. The number of rotatable bonds is 7. The van der Waals surface area contributed by atoms with Gasteiger partial charge in [-0.1, -0.05) is 43.2 Å². The molecule has 0 unspecified atom stereocenters. The number of unbranched alkanes of at least 4 members (excludes halogenated alkanes) is 1. The van der Waals surface area contributed by atoms with Crippen molar-refractivity contribution in [1.29, 1.82) is 0 Å². The Morgan fingerprint density at radius 3 is 2.24 bits per heavy atom. The molecule has 4 rings (SSSR count). The molecule has 2 aromatic rings. The zero-order chi connectivity index (χ0) is 20.3. The van der Waals surface area contributed by atoms with Crippen molar-refractivity contribution >= 4 is 7.44 Å². The van der Waals surface area contributed by atoms with Crippen molar-refractivity contribution < 1.29 is 9.30 Å². The van der Waals surface area contributed by atoms with Crippen LogP contribution in [0.5, 0.6) is 11.5 Å². The zero-order valence-corrected chi connectivity index (χ0v) is 18.6. The Balaban J connectivity index is 1.30. The highest BCUT2D eigenvalue weighted by atomic mass is 31.2. The molecule has 0 aromatic heterocycles. The third kappa shape index (κ3) is 4.45. The monoisotopic (exact) mass is 412 g/mol. The zero-order valence-electron chi connectivity index (χ0n) is 17.7. The maximum atomic E-state index is 13.7. The molecule has 2 atom stereocenters. The Labute approximate surface area is 175 Å². The van der Waals surface area contributed by atoms with E-state index in [1.165, 1.54) is 31.2 Å². The molecule has 4 nitrogen and oxygen atoms in total. The lowest BCUT2D eigenvalue weighted by Crippen LogP contribution is -2.37. The van der Waals surface area contributed by atoms with Crippen LogP contribution in [0.15, 0.2) is 54.6 Å². The third-order valence-corrected chi connectivity index (χ3v) is 10.1. The maximum Gasteiger partial charge on any atom is 0.216 e. The van der Waals surface area contributed by atoms with E-state index in [0.717, 1.165) is 36.9 Å². The second-order valence-corrected chi connectivity index (χ2v) is 11.5. The summed E-state index contributed by atoms with van der Waals surface area (Å²) in [5.74, 6) is 1.73. The lowest BCUT2D eigenvalue weighted by atomic mass is 9.91. The first-order valence-corrected chi connectivity index (χ1v) is 12.8. The number of aryl methyl sites for hydroxylation is 1. The van der Waals surface area contributed by atoms with E-state index in [9.17, 15) is 4.57 Å². The molecule has 0 bridgehead atoms. The smallest absolute Gasteiger partial charge is 0.216 e. The molecule has 2 aromatic carbocycles. The van der Waals surface area contributed by atoms with Crippen LogP contribution in [-0.2, 0) is 11.0 Å². The average molecular weight is 413 g/mol. The summed E-state index contributed by atoms with van der Waals surface area (Å²) >= 11 is 0. The molecule has 2 fully saturated rings. The Bertz CT molecular complexity index is 835. The number of benzene rings is 2. The first-order valence-electron chi connectivity index (χ1n) is 11.0. The maximum absolute atomic E-state index is 13.7. The largest absolute Gasteiger partial charge is 0.457 e. The summed E-state index contributed by atoms with van der Waals surface area (Å²) in [7, 11) is 1.80. The third-order valence-electron chi connectivity index (χ3n) is 6.68. The molecule has 5 heteroatoms. The van der Waals surface area contributed by atoms with E-state index in [-0.39, 0.29) is 0 Å². The summed E-state index contributed by atoms with van der Waals surface area (Å²) in [4.78, 5) is 0. The van der Waals surface area contributed by atoms with Gasteiger partial charge >= 0.3 is 0 Å². The molecular weight excluding hydrogens is 379 g/mol. The fourth-order valence-electron chi connectivity index (χ4n) is 5.00. The van der Waals surface area contributed by atoms with Gasteiger partial charge in [-0.15, -0.1) is 0 Å². The fraction of sp³-hybridized carbons (Fsp3) is 0.500. The predicted molar refractivity (Wildman–Crippen MR) is 120 cm³/mol. The molecule has 0 N–H and O–H groups in total. The lowest BCUT2D eigenvalue weighted by molar-refractivity contribution is 0.233. The number of hydrogen-bond acceptors (Lipinski definition) is 2. The second-order valence-electron chi connectivity index (χ2n) is 8.47. The summed E-state index contributed by atoms with van der Waals surface area (Å²) in [6.07, 6.45) is 8.79. The highest BCUT2D eigenvalue weighted by Crippen LogP contribution is 2.62. The van der Waals surface area contributed by atoms with Crippen LogP contribution in [0.2, 0.25) is 0 Å². The van der Waals surface area contributed by atoms with Crippen LogP contribution in [0, 0.1) is 0 Å². The van der Waals surface area contributed by atoms with Crippen molar-refractivity contribution in [2.24, 2.45) is 0 Å². The van der Waals surface area contributed by atoms with Gasteiger partial charge in [-0.3, -0.25) is 4.57 Å². The van der Waals surface area contributed by atoms with E-state index < -0.39 is 7.44 Å². The molecule has 0 spiro atoms. The van der Waals surface area contributed by atoms with Crippen molar-refractivity contribution in [1.82, 2.24) is 9.34 Å². The quantitative estimate of drug-likeness (QED) is 0.401. The summed E-state index contributed by atoms with van der Waals surface area (Å²) in [6.45, 7) is 0. The van der Waals surface area contributed by atoms with E-state index >= 15 is 0 Å². The van der Waals surface area contributed by atoms with Crippen molar-refractivity contribution in [3.63, 3.8) is 0 Å². The van der Waals surface area contributed by atoms with Gasteiger partial charge < -0.3 is 4.74 Å². The van der Waals surface area contributed by atoms with E-state index in [4.69, 9.17) is 4.74 Å². The molecule has 1 aliphatic heterocycles. The number of ether oxygens (including phenoxy) is 1. The molecule has 1 aliphatic carbocycles. The number of fused-ring (bicyclic) bond motifs is 1. The van der Waals surface area contributed by atoms with Gasteiger partial charge in [-0.25, -0.2) is 9.34 Å². The highest BCUT2D eigenvalue weighted by molar-refractivity contribution is 7.59. The van der Waals surface area contributed by atoms with E-state index in [2.05, 4.69) is 41.6 Å². The molecule has 1 saturated carbocycles. The fourth-order valence-corrected chi connectivity index (χ4v) is 8.18. The van der Waals surface area contributed by atoms with E-state index in [1.54, 1.807) is 0 Å². The van der Waals surface area contributed by atoms with Crippen molar-refractivity contribution in [2.75, 3.05) is 20.3 Å². The molecule has 2 aliphatic rings. The number of hydrogen-bond donors (Lipinski definition) is 0. The van der Waals surface area contributed by atoms with Crippen molar-refractivity contribution in [2.45, 2.75) is 57.0 Å². The predicted octanol–water partition coefficient (Wildman–Crippen LogP) is 6.18. The average Bonchev–Trinajstić information content (AvgIpc) is 2.94. The van der Waals surface area contributed by atoms with Crippen molar-refractivity contribution in [3.05, 3.63) is 60.2 Å². The molecule has 156 valence electrons. The molecular formula is C24H33N2O2P. The van der Waals surface area contributed by atoms with Gasteiger partial charge in [0.05, 0.1) is 0 Å². The van der Waals surface area contributed by atoms with Crippen LogP contribution in [-0.4, -0.2) is 41.7 Å². The Morgan fingerprint density at radius 2 is 1.55 bits per heavy atom. The van der Waals surface area contributed by atoms with E-state index in [1.807, 2.05) is 36.4 Å². The second kappa shape index (κ2) is 9.04. The standard InChI is InChI=1S/C24H33N2O2P/c1-25-23-16-6-7-17-24(23)26(2)29(25,27)18-9-8-11-20-12-10-15-22(19-20)28-21-13-4-3-5-14-21/h3-5,10,12-15,19,23-24H,6-9,11,16-18H2,1-2H3/t23-,24-/m1/s1. The van der Waals surface area contributed by atoms with Crippen LogP contribution < -0.4 is 4.74 Å². The van der Waals surface area contributed by atoms with Crippen LogP contribution in [0.25, 0.3) is 0 Å². The van der Waals surface area contributed by atoms with Crippen LogP contribution in [0.3, 0.4) is 0 Å². The van der Waals surface area contributed by atoms with E-state index in [0.29, 0.717) is 12.1 Å². The summed E-state index contributed by atoms with van der Waals surface area (Å²) < 4.78 is 24.2. The minimum atomic E-state index is -2.39. The number of para-hydroxylation sites is 1. The van der Waals surface area contributed by atoms with Gasteiger partial charge in [0, 0.05) is 18.2 Å². The lowest BCUT2D eigenvalue weighted by Gasteiger charge is -2.28. The van der Waals surface area contributed by atoms with Crippen LogP contribution >= 0.6 is 7.44 Å². The van der Waals surface area contributed by atoms with Crippen molar-refractivity contribution in [3.8, 4) is 11.5 Å². The first-order chi connectivity index (χ1) is 14.1. The van der Waals surface area contributed by atoms with Gasteiger partial charge in [0.1, 0.15) is 11.5 Å². The summed E-state index contributed by atoms with van der Waals surface area (Å²) in [5.41, 5.74) is 1.28. The summed E-state index contributed by atoms with van der Waals surface area (Å²) in [5, 5.41) is 0. The van der Waals surface area contributed by atoms with Gasteiger partial charge in [0.2, 0.25) is 7.44 Å². The van der Waals surface area contributed by atoms with Crippen LogP contribution in [0.4, 0.5) is 0 Å². The molecule has 0 amide bonds. The Hall–Kier alpha value is -1.61. The molecule has 29 heavy (non-hydrogen) atoms. The molecule has 1 saturated heterocycles. The Morgan fingerprint density at radius 1 is 0.897 bits per heavy atom. The van der Waals surface area contributed by atoms with Gasteiger partial charge in [-0.05, 0) is 76.0 Å². The minimum Gasteiger partial charge on any atom is -0.457 e. The van der Waals surface area contributed by atoms with Gasteiger partial charge in [0.25, 0.3) is 0 Å². The minimum absolute atomic E-state index is 0.492. The normalized spacial score (nSPS) is 24.3. The highest BCUT2D eigenvalue weighted by Gasteiger charge is 2.50. The molecule has 1 heterocycles. The van der Waals surface area contributed by atoms with Gasteiger partial charge in [0.15, 0.2) is 0 Å². The Kier molecular flexibility index (Phi) is 6.44. The topological polar surface area (TPSA) is 32.8 Å². The van der Waals surface area contributed by atoms with Gasteiger partial charge in [-0.2, -0.15) is 0 Å². The number of likely N-dealkylation sites (N-methyl/N-ethyl adjacent to an activating group) is 2. The van der Waals surface area contributed by atoms with Crippen LogP contribution in [0.1, 0.15) is 44.1 Å². The first kappa shape index (κ1) is 20.7. The summed E-state index contributed by atoms with van der Waals surface area (Å²) in [6, 6.07) is 19.2.